The molecule has 0 spiro atoms. The topological polar surface area (TPSA) is 50.9 Å². The van der Waals surface area contributed by atoms with Crippen molar-refractivity contribution < 1.29 is 4.74 Å². The number of ether oxygens (including phenoxy) is 1. The first kappa shape index (κ1) is 13.9. The Morgan fingerprint density at radius 3 is 2.68 bits per heavy atom. The molecule has 0 aliphatic heterocycles. The zero-order valence-electron chi connectivity index (χ0n) is 11.7. The van der Waals surface area contributed by atoms with Gasteiger partial charge in [-0.3, -0.25) is 0 Å². The molecule has 1 saturated carbocycles. The minimum atomic E-state index is 0.433. The Balaban J connectivity index is 2.09. The average Bonchev–Trinajstić information content (AvgIpc) is 3.24. The van der Waals surface area contributed by atoms with Crippen LogP contribution in [0.15, 0.2) is 35.3 Å². The van der Waals surface area contributed by atoms with E-state index in [1.807, 2.05) is 30.3 Å². The first-order valence-corrected chi connectivity index (χ1v) is 6.87. The molecule has 0 heterocycles. The maximum Gasteiger partial charge on any atom is 0.196 e. The summed E-state index contributed by atoms with van der Waals surface area (Å²) >= 11 is 0. The molecule has 0 saturated heterocycles. The zero-order chi connectivity index (χ0) is 13.7. The van der Waals surface area contributed by atoms with E-state index in [0.29, 0.717) is 18.6 Å². The van der Waals surface area contributed by atoms with Crippen molar-refractivity contribution in [2.75, 3.05) is 20.3 Å². The molecule has 4 nitrogen and oxygen atoms in total. The molecule has 2 rings (SSSR count). The highest BCUT2D eigenvalue weighted by atomic mass is 16.5. The largest absolute Gasteiger partial charge is 0.383 e. The predicted octanol–water partition coefficient (Wildman–Crippen LogP) is 2.38. The van der Waals surface area contributed by atoms with E-state index in [0.717, 1.165) is 18.2 Å². The highest BCUT2D eigenvalue weighted by molar-refractivity contribution is 5.81. The lowest BCUT2D eigenvalue weighted by molar-refractivity contribution is 0.159. The highest BCUT2D eigenvalue weighted by Crippen LogP contribution is 2.35. The monoisotopic (exact) mass is 261 g/mol. The van der Waals surface area contributed by atoms with Crippen molar-refractivity contribution in [3.8, 4) is 0 Å². The number of rotatable bonds is 6. The molecule has 2 N–H and O–H groups in total. The van der Waals surface area contributed by atoms with Gasteiger partial charge in [-0.1, -0.05) is 18.2 Å². The smallest absolute Gasteiger partial charge is 0.196 e. The standard InChI is InChI=1S/C15H23N3O/c1-12(13-8-9-13)18(10-11-19-2)15(16)17-14-6-4-3-5-7-14/h3-7,12-13H,8-11H2,1-2H3,(H2,16,17). The number of aliphatic imine (C=N–C) groups is 1. The molecule has 19 heavy (non-hydrogen) atoms. The van der Waals surface area contributed by atoms with Crippen LogP contribution < -0.4 is 5.73 Å². The van der Waals surface area contributed by atoms with Crippen LogP contribution >= 0.6 is 0 Å². The van der Waals surface area contributed by atoms with E-state index in [2.05, 4.69) is 16.8 Å². The lowest BCUT2D eigenvalue weighted by atomic mass is 10.2. The third-order valence-electron chi connectivity index (χ3n) is 3.63. The van der Waals surface area contributed by atoms with Crippen LogP contribution in [0.2, 0.25) is 0 Å². The Hall–Kier alpha value is -1.55. The van der Waals surface area contributed by atoms with Crippen LogP contribution in [-0.2, 0) is 4.74 Å². The second kappa shape index (κ2) is 6.57. The molecule has 1 fully saturated rings. The molecule has 104 valence electrons. The summed E-state index contributed by atoms with van der Waals surface area (Å²) in [6.07, 6.45) is 2.59. The fourth-order valence-electron chi connectivity index (χ4n) is 2.25. The van der Waals surface area contributed by atoms with E-state index >= 15 is 0 Å². The van der Waals surface area contributed by atoms with Gasteiger partial charge in [0.15, 0.2) is 5.96 Å². The molecule has 0 radical (unpaired) electrons. The molecule has 0 aromatic heterocycles. The van der Waals surface area contributed by atoms with Crippen LogP contribution in [0.1, 0.15) is 19.8 Å². The molecular weight excluding hydrogens is 238 g/mol. The summed E-state index contributed by atoms with van der Waals surface area (Å²) in [5.41, 5.74) is 7.07. The van der Waals surface area contributed by atoms with E-state index in [1.54, 1.807) is 7.11 Å². The maximum atomic E-state index is 6.18. The summed E-state index contributed by atoms with van der Waals surface area (Å²) in [6, 6.07) is 10.3. The van der Waals surface area contributed by atoms with Crippen molar-refractivity contribution in [3.63, 3.8) is 0 Å². The van der Waals surface area contributed by atoms with Gasteiger partial charge in [0.25, 0.3) is 0 Å². The maximum absolute atomic E-state index is 6.18. The molecule has 1 aliphatic carbocycles. The Morgan fingerprint density at radius 2 is 2.11 bits per heavy atom. The van der Waals surface area contributed by atoms with Gasteiger partial charge in [0.2, 0.25) is 0 Å². The van der Waals surface area contributed by atoms with Crippen molar-refractivity contribution in [3.05, 3.63) is 30.3 Å². The van der Waals surface area contributed by atoms with Gasteiger partial charge in [-0.25, -0.2) is 4.99 Å². The molecule has 0 bridgehead atoms. The SMILES string of the molecule is COCCN(C(N)=Nc1ccccc1)C(C)C1CC1. The number of methoxy groups -OCH3 is 1. The quantitative estimate of drug-likeness (QED) is 0.632. The summed E-state index contributed by atoms with van der Waals surface area (Å²) in [5, 5.41) is 0. The number of guanidine groups is 1. The van der Waals surface area contributed by atoms with Gasteiger partial charge in [-0.05, 0) is 37.8 Å². The minimum Gasteiger partial charge on any atom is -0.383 e. The van der Waals surface area contributed by atoms with Crippen LogP contribution in [0.3, 0.4) is 0 Å². The summed E-state index contributed by atoms with van der Waals surface area (Å²) in [6.45, 7) is 3.68. The lowest BCUT2D eigenvalue weighted by Crippen LogP contribution is -2.46. The molecule has 1 unspecified atom stereocenters. The second-order valence-corrected chi connectivity index (χ2v) is 5.07. The first-order valence-electron chi connectivity index (χ1n) is 6.87. The molecule has 1 aromatic rings. The Labute approximate surface area is 115 Å². The van der Waals surface area contributed by atoms with Crippen LogP contribution in [0.25, 0.3) is 0 Å². The second-order valence-electron chi connectivity index (χ2n) is 5.07. The minimum absolute atomic E-state index is 0.433. The van der Waals surface area contributed by atoms with Crippen LogP contribution in [0.4, 0.5) is 5.69 Å². The van der Waals surface area contributed by atoms with Gasteiger partial charge in [-0.15, -0.1) is 0 Å². The van der Waals surface area contributed by atoms with Crippen molar-refractivity contribution >= 4 is 11.6 Å². The lowest BCUT2D eigenvalue weighted by Gasteiger charge is -2.30. The Kier molecular flexibility index (Phi) is 4.80. The first-order chi connectivity index (χ1) is 9.22. The summed E-state index contributed by atoms with van der Waals surface area (Å²) in [5.74, 6) is 1.34. The van der Waals surface area contributed by atoms with E-state index in [9.17, 15) is 0 Å². The molecular formula is C15H23N3O. The third kappa shape index (κ3) is 3.96. The number of para-hydroxylation sites is 1. The Bertz CT molecular complexity index is 415. The molecule has 0 amide bonds. The molecule has 1 aliphatic rings. The summed E-state index contributed by atoms with van der Waals surface area (Å²) in [7, 11) is 1.71. The summed E-state index contributed by atoms with van der Waals surface area (Å²) in [4.78, 5) is 6.67. The van der Waals surface area contributed by atoms with Gasteiger partial charge in [0.1, 0.15) is 0 Å². The van der Waals surface area contributed by atoms with E-state index < -0.39 is 0 Å². The molecule has 4 heteroatoms. The number of hydrogen-bond acceptors (Lipinski definition) is 2. The van der Waals surface area contributed by atoms with Crippen LogP contribution in [-0.4, -0.2) is 37.2 Å². The van der Waals surface area contributed by atoms with E-state index in [-0.39, 0.29) is 0 Å². The number of benzene rings is 1. The van der Waals surface area contributed by atoms with E-state index in [1.165, 1.54) is 12.8 Å². The summed E-state index contributed by atoms with van der Waals surface area (Å²) < 4.78 is 5.17. The normalized spacial score (nSPS) is 17.3. The van der Waals surface area contributed by atoms with Crippen LogP contribution in [0, 0.1) is 5.92 Å². The fourth-order valence-corrected chi connectivity index (χ4v) is 2.25. The third-order valence-corrected chi connectivity index (χ3v) is 3.63. The van der Waals surface area contributed by atoms with Gasteiger partial charge < -0.3 is 15.4 Å². The van der Waals surface area contributed by atoms with Crippen LogP contribution in [0.5, 0.6) is 0 Å². The number of nitrogens with zero attached hydrogens (tertiary/aromatic N) is 2. The number of nitrogens with two attached hydrogens (primary N) is 1. The predicted molar refractivity (Wildman–Crippen MR) is 78.5 cm³/mol. The average molecular weight is 261 g/mol. The van der Waals surface area contributed by atoms with Gasteiger partial charge in [0, 0.05) is 19.7 Å². The zero-order valence-corrected chi connectivity index (χ0v) is 11.7. The Morgan fingerprint density at radius 1 is 1.42 bits per heavy atom. The van der Waals surface area contributed by atoms with Gasteiger partial charge >= 0.3 is 0 Å². The molecule has 1 atom stereocenters. The fraction of sp³-hybridized carbons (Fsp3) is 0.533. The van der Waals surface area contributed by atoms with Crippen molar-refractivity contribution in [1.29, 1.82) is 0 Å². The van der Waals surface area contributed by atoms with Crippen molar-refractivity contribution in [1.82, 2.24) is 4.90 Å². The molecule has 1 aromatic carbocycles. The number of hydrogen-bond donors (Lipinski definition) is 1. The van der Waals surface area contributed by atoms with Crippen molar-refractivity contribution in [2.24, 2.45) is 16.6 Å². The van der Waals surface area contributed by atoms with E-state index in [4.69, 9.17) is 10.5 Å². The van der Waals surface area contributed by atoms with Crippen molar-refractivity contribution in [2.45, 2.75) is 25.8 Å². The highest BCUT2D eigenvalue weighted by Gasteiger charge is 2.32. The van der Waals surface area contributed by atoms with Gasteiger partial charge in [0.05, 0.1) is 12.3 Å². The van der Waals surface area contributed by atoms with Gasteiger partial charge in [-0.2, -0.15) is 0 Å².